The zero-order valence-corrected chi connectivity index (χ0v) is 9.50. The number of hydrogen-bond acceptors (Lipinski definition) is 6. The molecule has 0 spiro atoms. The van der Waals surface area contributed by atoms with E-state index in [1.54, 1.807) is 31.6 Å². The maximum atomic E-state index is 5.45. The predicted octanol–water partition coefficient (Wildman–Crippen LogP) is 0.443. The predicted molar refractivity (Wildman–Crippen MR) is 62.4 cm³/mol. The number of hydrogen-bond donors (Lipinski definition) is 1. The zero-order valence-electron chi connectivity index (χ0n) is 9.50. The van der Waals surface area contributed by atoms with Crippen LogP contribution in [0.15, 0.2) is 24.5 Å². The Morgan fingerprint density at radius 2 is 1.94 bits per heavy atom. The van der Waals surface area contributed by atoms with Crippen LogP contribution in [-0.2, 0) is 6.42 Å². The quantitative estimate of drug-likeness (QED) is 0.821. The smallest absolute Gasteiger partial charge is 0.233 e. The third kappa shape index (κ3) is 2.73. The number of ether oxygens (including phenoxy) is 1. The standard InChI is InChI=1S/C11H13N5O/c1-17-10-3-2-9(15-16-10)11-13-6-8(4-5-12)7-14-11/h2-3,6-7H,4-5,12H2,1H3. The summed E-state index contributed by atoms with van der Waals surface area (Å²) in [6.45, 7) is 0.588. The molecule has 2 rings (SSSR count). The summed E-state index contributed by atoms with van der Waals surface area (Å²) in [7, 11) is 1.54. The molecule has 0 aliphatic heterocycles. The molecule has 2 aromatic heterocycles. The minimum atomic E-state index is 0.466. The third-order valence-electron chi connectivity index (χ3n) is 2.22. The Morgan fingerprint density at radius 1 is 1.18 bits per heavy atom. The lowest BCUT2D eigenvalue weighted by molar-refractivity contribution is 0.392. The van der Waals surface area contributed by atoms with E-state index in [9.17, 15) is 0 Å². The average molecular weight is 231 g/mol. The van der Waals surface area contributed by atoms with Gasteiger partial charge in [-0.3, -0.25) is 0 Å². The molecule has 0 fully saturated rings. The second-order valence-corrected chi connectivity index (χ2v) is 3.41. The van der Waals surface area contributed by atoms with Gasteiger partial charge in [0.2, 0.25) is 5.88 Å². The minimum absolute atomic E-state index is 0.466. The van der Waals surface area contributed by atoms with Crippen LogP contribution < -0.4 is 10.5 Å². The van der Waals surface area contributed by atoms with Gasteiger partial charge in [-0.2, -0.15) is 0 Å². The van der Waals surface area contributed by atoms with E-state index in [4.69, 9.17) is 10.5 Å². The van der Waals surface area contributed by atoms with Crippen LogP contribution >= 0.6 is 0 Å². The molecular weight excluding hydrogens is 218 g/mol. The van der Waals surface area contributed by atoms with E-state index in [1.165, 1.54) is 0 Å². The first-order valence-electron chi connectivity index (χ1n) is 5.22. The summed E-state index contributed by atoms with van der Waals surface area (Å²) in [5.74, 6) is 1.01. The van der Waals surface area contributed by atoms with Crippen molar-refractivity contribution in [3.63, 3.8) is 0 Å². The molecule has 0 aliphatic carbocycles. The van der Waals surface area contributed by atoms with Crippen molar-refractivity contribution in [2.45, 2.75) is 6.42 Å². The molecule has 0 atom stereocenters. The molecule has 6 nitrogen and oxygen atoms in total. The molecule has 0 aliphatic rings. The molecule has 6 heteroatoms. The topological polar surface area (TPSA) is 86.8 Å². The maximum absolute atomic E-state index is 5.45. The summed E-state index contributed by atoms with van der Waals surface area (Å²) in [5.41, 5.74) is 7.08. The van der Waals surface area contributed by atoms with Gasteiger partial charge in [0.05, 0.1) is 7.11 Å². The van der Waals surface area contributed by atoms with E-state index >= 15 is 0 Å². The van der Waals surface area contributed by atoms with Gasteiger partial charge < -0.3 is 10.5 Å². The SMILES string of the molecule is COc1ccc(-c2ncc(CCN)cn2)nn1. The molecule has 0 saturated carbocycles. The first-order chi connectivity index (χ1) is 8.33. The van der Waals surface area contributed by atoms with Crippen molar-refractivity contribution in [1.82, 2.24) is 20.2 Å². The number of nitrogens with zero attached hydrogens (tertiary/aromatic N) is 4. The third-order valence-corrected chi connectivity index (χ3v) is 2.22. The van der Waals surface area contributed by atoms with Gasteiger partial charge in [0, 0.05) is 18.5 Å². The Labute approximate surface area is 98.9 Å². The Balaban J connectivity index is 2.20. The lowest BCUT2D eigenvalue weighted by Gasteiger charge is -2.01. The normalized spacial score (nSPS) is 10.2. The van der Waals surface area contributed by atoms with Crippen molar-refractivity contribution in [3.05, 3.63) is 30.1 Å². The van der Waals surface area contributed by atoms with Crippen LogP contribution in [0.25, 0.3) is 11.5 Å². The highest BCUT2D eigenvalue weighted by Crippen LogP contribution is 2.12. The largest absolute Gasteiger partial charge is 0.480 e. The first-order valence-corrected chi connectivity index (χ1v) is 5.22. The Kier molecular flexibility index (Phi) is 3.56. The van der Waals surface area contributed by atoms with E-state index in [1.807, 2.05) is 0 Å². The van der Waals surface area contributed by atoms with E-state index < -0.39 is 0 Å². The molecule has 2 heterocycles. The van der Waals surface area contributed by atoms with Gasteiger partial charge in [0.25, 0.3) is 0 Å². The van der Waals surface area contributed by atoms with Crippen molar-refractivity contribution in [2.24, 2.45) is 5.73 Å². The van der Waals surface area contributed by atoms with Crippen molar-refractivity contribution in [2.75, 3.05) is 13.7 Å². The number of methoxy groups -OCH3 is 1. The Bertz CT molecular complexity index is 468. The summed E-state index contributed by atoms with van der Waals surface area (Å²) in [6.07, 6.45) is 4.27. The Morgan fingerprint density at radius 3 is 2.47 bits per heavy atom. The highest BCUT2D eigenvalue weighted by Gasteiger charge is 2.04. The maximum Gasteiger partial charge on any atom is 0.233 e. The second-order valence-electron chi connectivity index (χ2n) is 3.41. The summed E-state index contributed by atoms with van der Waals surface area (Å²) >= 11 is 0. The van der Waals surface area contributed by atoms with Gasteiger partial charge in [-0.1, -0.05) is 0 Å². The van der Waals surface area contributed by atoms with Crippen molar-refractivity contribution in [3.8, 4) is 17.4 Å². The monoisotopic (exact) mass is 231 g/mol. The van der Waals surface area contributed by atoms with Crippen LogP contribution in [0.4, 0.5) is 0 Å². The molecule has 0 amide bonds. The molecule has 2 N–H and O–H groups in total. The number of rotatable bonds is 4. The number of nitrogens with two attached hydrogens (primary N) is 1. The highest BCUT2D eigenvalue weighted by atomic mass is 16.5. The molecule has 0 unspecified atom stereocenters. The van der Waals surface area contributed by atoms with E-state index in [0.29, 0.717) is 23.9 Å². The molecule has 17 heavy (non-hydrogen) atoms. The van der Waals surface area contributed by atoms with Crippen LogP contribution in [-0.4, -0.2) is 33.8 Å². The summed E-state index contributed by atoms with van der Waals surface area (Å²) < 4.78 is 4.93. The van der Waals surface area contributed by atoms with E-state index in [2.05, 4.69) is 20.2 Å². The molecule has 0 radical (unpaired) electrons. The van der Waals surface area contributed by atoms with E-state index in [-0.39, 0.29) is 0 Å². The molecular formula is C11H13N5O. The lowest BCUT2D eigenvalue weighted by atomic mass is 10.2. The van der Waals surface area contributed by atoms with E-state index in [0.717, 1.165) is 12.0 Å². The van der Waals surface area contributed by atoms with Gasteiger partial charge in [0.15, 0.2) is 5.82 Å². The molecule has 88 valence electrons. The van der Waals surface area contributed by atoms with Gasteiger partial charge in [-0.05, 0) is 24.6 Å². The van der Waals surface area contributed by atoms with Crippen molar-refractivity contribution < 1.29 is 4.74 Å². The van der Waals surface area contributed by atoms with Gasteiger partial charge in [-0.25, -0.2) is 9.97 Å². The fraction of sp³-hybridized carbons (Fsp3) is 0.273. The van der Waals surface area contributed by atoms with Crippen molar-refractivity contribution in [1.29, 1.82) is 0 Å². The highest BCUT2D eigenvalue weighted by molar-refractivity contribution is 5.47. The summed E-state index contributed by atoms with van der Waals surface area (Å²) in [4.78, 5) is 8.43. The van der Waals surface area contributed by atoms with Gasteiger partial charge in [0.1, 0.15) is 5.69 Å². The Hall–Kier alpha value is -2.08. The van der Waals surface area contributed by atoms with Crippen LogP contribution in [0.1, 0.15) is 5.56 Å². The van der Waals surface area contributed by atoms with Gasteiger partial charge >= 0.3 is 0 Å². The fourth-order valence-electron chi connectivity index (χ4n) is 1.33. The summed E-state index contributed by atoms with van der Waals surface area (Å²) in [5, 5.41) is 7.83. The van der Waals surface area contributed by atoms with Crippen LogP contribution in [0, 0.1) is 0 Å². The van der Waals surface area contributed by atoms with Crippen molar-refractivity contribution >= 4 is 0 Å². The molecule has 0 saturated heterocycles. The van der Waals surface area contributed by atoms with Crippen LogP contribution in [0.5, 0.6) is 5.88 Å². The molecule has 0 bridgehead atoms. The molecule has 0 aromatic carbocycles. The zero-order chi connectivity index (χ0) is 12.1. The van der Waals surface area contributed by atoms with Crippen LogP contribution in [0.3, 0.4) is 0 Å². The number of aromatic nitrogens is 4. The second kappa shape index (κ2) is 5.31. The fourth-order valence-corrected chi connectivity index (χ4v) is 1.33. The average Bonchev–Trinajstić information content (AvgIpc) is 2.40. The lowest BCUT2D eigenvalue weighted by Crippen LogP contribution is -2.04. The first kappa shape index (κ1) is 11.4. The van der Waals surface area contributed by atoms with Gasteiger partial charge in [-0.15, -0.1) is 10.2 Å². The summed E-state index contributed by atoms with van der Waals surface area (Å²) in [6, 6.07) is 3.49. The van der Waals surface area contributed by atoms with Crippen LogP contribution in [0.2, 0.25) is 0 Å². The minimum Gasteiger partial charge on any atom is -0.480 e. The molecule has 2 aromatic rings.